The summed E-state index contributed by atoms with van der Waals surface area (Å²) in [6, 6.07) is 11.2. The van der Waals surface area contributed by atoms with Crippen molar-refractivity contribution in [3.63, 3.8) is 0 Å². The van der Waals surface area contributed by atoms with Gasteiger partial charge in [-0.3, -0.25) is 4.79 Å². The lowest BCUT2D eigenvalue weighted by Crippen LogP contribution is -3.00. The van der Waals surface area contributed by atoms with E-state index in [-0.39, 0.29) is 29.8 Å². The summed E-state index contributed by atoms with van der Waals surface area (Å²) in [6.07, 6.45) is 7.08. The highest BCUT2D eigenvalue weighted by atomic mass is 127. The molecule has 104 valence electrons. The molecule has 0 radical (unpaired) electrons. The summed E-state index contributed by atoms with van der Waals surface area (Å²) in [5.41, 5.74) is 1.64. The fraction of sp³-hybridized carbons (Fsp3) is 0.125. The van der Waals surface area contributed by atoms with Crippen LogP contribution in [0.15, 0.2) is 54.9 Å². The summed E-state index contributed by atoms with van der Waals surface area (Å²) in [7, 11) is 3.52. The van der Waals surface area contributed by atoms with E-state index >= 15 is 0 Å². The van der Waals surface area contributed by atoms with Gasteiger partial charge in [0.1, 0.15) is 12.8 Å². The van der Waals surface area contributed by atoms with Gasteiger partial charge >= 0.3 is 0 Å². The molecule has 0 spiro atoms. The van der Waals surface area contributed by atoms with Crippen LogP contribution in [0.25, 0.3) is 6.08 Å². The van der Waals surface area contributed by atoms with Crippen LogP contribution in [0.3, 0.4) is 0 Å². The number of methoxy groups -OCH3 is 1. The number of ether oxygens (including phenoxy) is 1. The zero-order chi connectivity index (χ0) is 13.7. The second-order valence-electron chi connectivity index (χ2n) is 4.23. The molecule has 0 fully saturated rings. The van der Waals surface area contributed by atoms with E-state index in [1.165, 1.54) is 0 Å². The fourth-order valence-corrected chi connectivity index (χ4v) is 1.72. The summed E-state index contributed by atoms with van der Waals surface area (Å²) in [4.78, 5) is 12.0. The van der Waals surface area contributed by atoms with Crippen LogP contribution in [-0.2, 0) is 7.05 Å². The lowest BCUT2D eigenvalue weighted by molar-refractivity contribution is -0.671. The Morgan fingerprint density at radius 2 is 1.90 bits per heavy atom. The number of hydrogen-bond donors (Lipinski definition) is 0. The van der Waals surface area contributed by atoms with Crippen molar-refractivity contribution in [3.8, 4) is 5.75 Å². The minimum absolute atomic E-state index is 0. The second-order valence-corrected chi connectivity index (χ2v) is 4.23. The van der Waals surface area contributed by atoms with E-state index < -0.39 is 0 Å². The van der Waals surface area contributed by atoms with Crippen LogP contribution in [0, 0.1) is 0 Å². The molecular weight excluding hydrogens is 365 g/mol. The smallest absolute Gasteiger partial charge is 0.191 e. The van der Waals surface area contributed by atoms with Gasteiger partial charge in [0, 0.05) is 6.07 Å². The molecule has 0 aliphatic carbocycles. The van der Waals surface area contributed by atoms with Gasteiger partial charge in [-0.2, -0.15) is 0 Å². The minimum Gasteiger partial charge on any atom is -1.00 e. The Morgan fingerprint density at radius 3 is 2.50 bits per heavy atom. The fourth-order valence-electron chi connectivity index (χ4n) is 1.72. The quantitative estimate of drug-likeness (QED) is 0.307. The molecule has 2 rings (SSSR count). The van der Waals surface area contributed by atoms with Gasteiger partial charge in [-0.1, -0.05) is 18.2 Å². The van der Waals surface area contributed by atoms with Gasteiger partial charge in [-0.15, -0.1) is 0 Å². The standard InChI is InChI=1S/C16H16NO2.HI/c1-17-11-3-4-14(12-17)16(18)10-7-13-5-8-15(19-2)9-6-13;/h3-12H,1-2H3;1H/q+1;/p-1/b10-7+;. The Morgan fingerprint density at radius 1 is 1.20 bits per heavy atom. The molecule has 20 heavy (non-hydrogen) atoms. The van der Waals surface area contributed by atoms with Gasteiger partial charge in [0.25, 0.3) is 0 Å². The number of hydrogen-bond acceptors (Lipinski definition) is 2. The number of carbonyl (C=O) groups is 1. The second kappa shape index (κ2) is 7.79. The predicted molar refractivity (Wildman–Crippen MR) is 74.0 cm³/mol. The van der Waals surface area contributed by atoms with E-state index in [4.69, 9.17) is 4.74 Å². The largest absolute Gasteiger partial charge is 1.00 e. The zero-order valence-corrected chi connectivity index (χ0v) is 13.6. The van der Waals surface area contributed by atoms with Crippen molar-refractivity contribution < 1.29 is 38.1 Å². The highest BCUT2D eigenvalue weighted by molar-refractivity contribution is 6.06. The van der Waals surface area contributed by atoms with Gasteiger partial charge in [-0.05, 0) is 29.8 Å². The maximum atomic E-state index is 12.0. The topological polar surface area (TPSA) is 30.2 Å². The minimum atomic E-state index is -0.00739. The molecule has 0 atom stereocenters. The summed E-state index contributed by atoms with van der Waals surface area (Å²) in [5, 5.41) is 0. The van der Waals surface area contributed by atoms with Crippen LogP contribution in [0.1, 0.15) is 15.9 Å². The molecule has 0 amide bonds. The number of allylic oxidation sites excluding steroid dienone is 1. The summed E-state index contributed by atoms with van der Waals surface area (Å²) in [5.74, 6) is 0.797. The van der Waals surface area contributed by atoms with Crippen molar-refractivity contribution >= 4 is 11.9 Å². The van der Waals surface area contributed by atoms with Crippen LogP contribution in [0.4, 0.5) is 0 Å². The SMILES string of the molecule is COc1ccc(/C=C/C(=O)c2ccc[n+](C)c2)cc1.[I-]. The number of nitrogens with zero attached hydrogens (tertiary/aromatic N) is 1. The molecule has 1 aromatic heterocycles. The zero-order valence-electron chi connectivity index (χ0n) is 11.4. The van der Waals surface area contributed by atoms with E-state index in [9.17, 15) is 4.79 Å². The molecule has 3 nitrogen and oxygen atoms in total. The first-order valence-electron chi connectivity index (χ1n) is 6.01. The predicted octanol–water partition coefficient (Wildman–Crippen LogP) is -0.580. The van der Waals surface area contributed by atoms with Gasteiger partial charge in [0.05, 0.1) is 12.7 Å². The van der Waals surface area contributed by atoms with Gasteiger partial charge in [0.15, 0.2) is 18.2 Å². The molecule has 0 aliphatic rings. The monoisotopic (exact) mass is 381 g/mol. The highest BCUT2D eigenvalue weighted by Gasteiger charge is 2.05. The Balaban J connectivity index is 0.00000200. The number of halogens is 1. The normalized spacial score (nSPS) is 10.1. The number of ketones is 1. The highest BCUT2D eigenvalue weighted by Crippen LogP contribution is 2.12. The van der Waals surface area contributed by atoms with Crippen molar-refractivity contribution in [1.82, 2.24) is 0 Å². The van der Waals surface area contributed by atoms with Crippen molar-refractivity contribution in [2.75, 3.05) is 7.11 Å². The number of rotatable bonds is 4. The maximum absolute atomic E-state index is 12.0. The van der Waals surface area contributed by atoms with E-state index in [1.54, 1.807) is 31.5 Å². The number of benzene rings is 1. The van der Waals surface area contributed by atoms with Crippen LogP contribution in [0.5, 0.6) is 5.75 Å². The number of aromatic nitrogens is 1. The molecule has 0 saturated heterocycles. The average Bonchev–Trinajstić information content (AvgIpc) is 2.45. The Bertz CT molecular complexity index is 606. The third kappa shape index (κ3) is 4.45. The molecule has 4 heteroatoms. The maximum Gasteiger partial charge on any atom is 0.191 e. The first kappa shape index (κ1) is 16.4. The molecular formula is C16H16INO2. The summed E-state index contributed by atoms with van der Waals surface area (Å²) in [6.45, 7) is 0. The number of carbonyl (C=O) groups excluding carboxylic acids is 1. The molecule has 1 aromatic carbocycles. The molecule has 0 aliphatic heterocycles. The Hall–Kier alpha value is -1.69. The van der Waals surface area contributed by atoms with Gasteiger partial charge in [0.2, 0.25) is 0 Å². The van der Waals surface area contributed by atoms with E-state index in [2.05, 4.69) is 0 Å². The van der Waals surface area contributed by atoms with Gasteiger partial charge < -0.3 is 28.7 Å². The Labute approximate surface area is 135 Å². The summed E-state index contributed by atoms with van der Waals surface area (Å²) < 4.78 is 6.94. The molecule has 1 heterocycles. The van der Waals surface area contributed by atoms with Crippen LogP contribution in [0.2, 0.25) is 0 Å². The van der Waals surface area contributed by atoms with Crippen LogP contribution in [-0.4, -0.2) is 12.9 Å². The molecule has 0 bridgehead atoms. The average molecular weight is 381 g/mol. The first-order chi connectivity index (χ1) is 9.19. The van der Waals surface area contributed by atoms with Crippen molar-refractivity contribution in [1.29, 1.82) is 0 Å². The van der Waals surface area contributed by atoms with Gasteiger partial charge in [-0.25, -0.2) is 4.57 Å². The Kier molecular flexibility index (Phi) is 6.38. The lowest BCUT2D eigenvalue weighted by atomic mass is 10.1. The van der Waals surface area contributed by atoms with E-state index in [0.717, 1.165) is 11.3 Å². The van der Waals surface area contributed by atoms with Crippen molar-refractivity contribution in [2.24, 2.45) is 7.05 Å². The van der Waals surface area contributed by atoms with E-state index in [1.807, 2.05) is 48.1 Å². The van der Waals surface area contributed by atoms with Crippen molar-refractivity contribution in [2.45, 2.75) is 0 Å². The third-order valence-electron chi connectivity index (χ3n) is 2.77. The number of aryl methyl sites for hydroxylation is 1. The van der Waals surface area contributed by atoms with Crippen LogP contribution < -0.4 is 33.3 Å². The third-order valence-corrected chi connectivity index (χ3v) is 2.77. The lowest BCUT2D eigenvalue weighted by Gasteiger charge is -1.99. The number of pyridine rings is 1. The molecule has 2 aromatic rings. The molecule has 0 unspecified atom stereocenters. The summed E-state index contributed by atoms with van der Waals surface area (Å²) >= 11 is 0. The van der Waals surface area contributed by atoms with E-state index in [0.29, 0.717) is 5.56 Å². The molecule has 0 saturated carbocycles. The van der Waals surface area contributed by atoms with Crippen molar-refractivity contribution in [3.05, 3.63) is 66.0 Å². The van der Waals surface area contributed by atoms with Crippen LogP contribution >= 0.6 is 0 Å². The first-order valence-corrected chi connectivity index (χ1v) is 6.01. The molecule has 0 N–H and O–H groups in total.